The van der Waals surface area contributed by atoms with Gasteiger partial charge in [0, 0.05) is 36.1 Å². The van der Waals surface area contributed by atoms with Crippen molar-refractivity contribution < 1.29 is 4.74 Å². The van der Waals surface area contributed by atoms with E-state index in [1.807, 2.05) is 6.20 Å². The maximum Gasteiger partial charge on any atom is 0.185 e. The SMILES string of the molecule is N[C@@H]1C[C@H]1c1cnc(N2CCOCC2)s1. The summed E-state index contributed by atoms with van der Waals surface area (Å²) in [6.45, 7) is 3.56. The molecule has 0 bridgehead atoms. The number of rotatable bonds is 2. The van der Waals surface area contributed by atoms with E-state index in [1.165, 1.54) is 4.88 Å². The fraction of sp³-hybridized carbons (Fsp3) is 0.700. The van der Waals surface area contributed by atoms with E-state index in [1.54, 1.807) is 11.3 Å². The minimum Gasteiger partial charge on any atom is -0.378 e. The molecule has 15 heavy (non-hydrogen) atoms. The molecule has 82 valence electrons. The summed E-state index contributed by atoms with van der Waals surface area (Å²) in [6, 6.07) is 0.378. The number of anilines is 1. The Labute approximate surface area is 93.0 Å². The lowest BCUT2D eigenvalue weighted by atomic mass is 10.4. The van der Waals surface area contributed by atoms with Crippen LogP contribution >= 0.6 is 11.3 Å². The van der Waals surface area contributed by atoms with E-state index < -0.39 is 0 Å². The molecule has 0 spiro atoms. The zero-order valence-corrected chi connectivity index (χ0v) is 9.37. The minimum atomic E-state index is 0.378. The van der Waals surface area contributed by atoms with Crippen LogP contribution in [0, 0.1) is 0 Å². The fourth-order valence-electron chi connectivity index (χ4n) is 1.89. The molecule has 1 aliphatic carbocycles. The van der Waals surface area contributed by atoms with E-state index in [-0.39, 0.29) is 0 Å². The van der Waals surface area contributed by atoms with Crippen LogP contribution < -0.4 is 10.6 Å². The summed E-state index contributed by atoms with van der Waals surface area (Å²) in [7, 11) is 0. The second-order valence-corrected chi connectivity index (χ2v) is 5.19. The Balaban J connectivity index is 1.72. The monoisotopic (exact) mass is 225 g/mol. The normalized spacial score (nSPS) is 30.6. The van der Waals surface area contributed by atoms with Gasteiger partial charge in [0.05, 0.1) is 13.2 Å². The highest BCUT2D eigenvalue weighted by Gasteiger charge is 2.36. The molecule has 2 N–H and O–H groups in total. The van der Waals surface area contributed by atoms with Crippen molar-refractivity contribution in [3.8, 4) is 0 Å². The standard InChI is InChI=1S/C10H15N3OS/c11-8-5-7(8)9-6-12-10(15-9)13-1-3-14-4-2-13/h6-8H,1-5,11H2/t7-,8-/m1/s1. The quantitative estimate of drug-likeness (QED) is 0.808. The molecule has 2 fully saturated rings. The Morgan fingerprint density at radius 3 is 2.87 bits per heavy atom. The van der Waals surface area contributed by atoms with Gasteiger partial charge in [-0.15, -0.1) is 11.3 Å². The first-order valence-electron chi connectivity index (χ1n) is 5.38. The van der Waals surface area contributed by atoms with Crippen LogP contribution in [0.2, 0.25) is 0 Å². The molecule has 5 heteroatoms. The van der Waals surface area contributed by atoms with Gasteiger partial charge in [0.25, 0.3) is 0 Å². The minimum absolute atomic E-state index is 0.378. The molecule has 2 heterocycles. The molecule has 0 unspecified atom stereocenters. The lowest BCUT2D eigenvalue weighted by Gasteiger charge is -2.25. The Morgan fingerprint density at radius 2 is 2.20 bits per heavy atom. The van der Waals surface area contributed by atoms with Crippen molar-refractivity contribution >= 4 is 16.5 Å². The van der Waals surface area contributed by atoms with Crippen LogP contribution in [0.4, 0.5) is 5.13 Å². The van der Waals surface area contributed by atoms with Crippen LogP contribution in [0.1, 0.15) is 17.2 Å². The number of thiazole rings is 1. The molecule has 4 nitrogen and oxygen atoms in total. The third-order valence-electron chi connectivity index (χ3n) is 3.00. The van der Waals surface area contributed by atoms with Gasteiger partial charge in [0.1, 0.15) is 0 Å². The van der Waals surface area contributed by atoms with Crippen LogP contribution in [0.3, 0.4) is 0 Å². The summed E-state index contributed by atoms with van der Waals surface area (Å²) in [5, 5.41) is 1.13. The number of nitrogens with zero attached hydrogens (tertiary/aromatic N) is 2. The van der Waals surface area contributed by atoms with Gasteiger partial charge in [-0.2, -0.15) is 0 Å². The first kappa shape index (κ1) is 9.57. The number of aromatic nitrogens is 1. The molecule has 0 radical (unpaired) electrons. The van der Waals surface area contributed by atoms with E-state index >= 15 is 0 Å². The molecule has 1 saturated heterocycles. The highest BCUT2D eigenvalue weighted by molar-refractivity contribution is 7.15. The van der Waals surface area contributed by atoms with E-state index in [0.717, 1.165) is 37.9 Å². The molecule has 0 amide bonds. The van der Waals surface area contributed by atoms with Crippen molar-refractivity contribution in [1.82, 2.24) is 4.98 Å². The lowest BCUT2D eigenvalue weighted by molar-refractivity contribution is 0.122. The zero-order chi connectivity index (χ0) is 10.3. The second kappa shape index (κ2) is 3.73. The third kappa shape index (κ3) is 1.87. The summed E-state index contributed by atoms with van der Waals surface area (Å²) in [6.07, 6.45) is 3.12. The summed E-state index contributed by atoms with van der Waals surface area (Å²) >= 11 is 1.79. The first-order valence-corrected chi connectivity index (χ1v) is 6.20. The Hall–Kier alpha value is -0.650. The largest absolute Gasteiger partial charge is 0.378 e. The Kier molecular flexibility index (Phi) is 2.38. The lowest BCUT2D eigenvalue weighted by Crippen LogP contribution is -2.36. The Bertz CT molecular complexity index is 348. The average Bonchev–Trinajstić information content (AvgIpc) is 2.83. The van der Waals surface area contributed by atoms with Crippen molar-refractivity contribution in [1.29, 1.82) is 0 Å². The highest BCUT2D eigenvalue weighted by Crippen LogP contribution is 2.43. The summed E-state index contributed by atoms with van der Waals surface area (Å²) in [5.74, 6) is 0.581. The molecule has 2 aliphatic rings. The predicted molar refractivity (Wildman–Crippen MR) is 60.5 cm³/mol. The molecule has 1 aliphatic heterocycles. The topological polar surface area (TPSA) is 51.4 Å². The number of nitrogens with two attached hydrogens (primary N) is 1. The highest BCUT2D eigenvalue weighted by atomic mass is 32.1. The zero-order valence-electron chi connectivity index (χ0n) is 8.56. The van der Waals surface area contributed by atoms with Gasteiger partial charge in [0.15, 0.2) is 5.13 Å². The molecular formula is C10H15N3OS. The number of hydrogen-bond donors (Lipinski definition) is 1. The van der Waals surface area contributed by atoms with Crippen LogP contribution in [-0.2, 0) is 4.74 Å². The fourth-order valence-corrected chi connectivity index (χ4v) is 3.05. The molecule has 1 aromatic heterocycles. The van der Waals surface area contributed by atoms with Gasteiger partial charge in [-0.1, -0.05) is 0 Å². The number of ether oxygens (including phenoxy) is 1. The van der Waals surface area contributed by atoms with Crippen molar-refractivity contribution in [3.63, 3.8) is 0 Å². The maximum atomic E-state index is 5.83. The average molecular weight is 225 g/mol. The summed E-state index contributed by atoms with van der Waals surface area (Å²) in [5.41, 5.74) is 5.83. The smallest absolute Gasteiger partial charge is 0.185 e. The summed E-state index contributed by atoms with van der Waals surface area (Å²) < 4.78 is 5.32. The molecule has 1 aromatic rings. The van der Waals surface area contributed by atoms with Crippen molar-refractivity contribution in [2.24, 2.45) is 5.73 Å². The van der Waals surface area contributed by atoms with Crippen LogP contribution in [0.5, 0.6) is 0 Å². The van der Waals surface area contributed by atoms with Gasteiger partial charge >= 0.3 is 0 Å². The summed E-state index contributed by atoms with van der Waals surface area (Å²) in [4.78, 5) is 8.12. The van der Waals surface area contributed by atoms with Crippen molar-refractivity contribution in [2.45, 2.75) is 18.4 Å². The predicted octanol–water partition coefficient (Wildman–Crippen LogP) is 0.794. The van der Waals surface area contributed by atoms with E-state index in [4.69, 9.17) is 10.5 Å². The van der Waals surface area contributed by atoms with Gasteiger partial charge in [0.2, 0.25) is 0 Å². The van der Waals surface area contributed by atoms with E-state index in [9.17, 15) is 0 Å². The molecule has 2 atom stereocenters. The van der Waals surface area contributed by atoms with Crippen LogP contribution in [0.15, 0.2) is 6.20 Å². The first-order chi connectivity index (χ1) is 7.34. The molecule has 3 rings (SSSR count). The second-order valence-electron chi connectivity index (χ2n) is 4.15. The maximum absolute atomic E-state index is 5.83. The molecule has 0 aromatic carbocycles. The Morgan fingerprint density at radius 1 is 1.47 bits per heavy atom. The van der Waals surface area contributed by atoms with Crippen molar-refractivity contribution in [2.75, 3.05) is 31.2 Å². The number of hydrogen-bond acceptors (Lipinski definition) is 5. The van der Waals surface area contributed by atoms with E-state index in [0.29, 0.717) is 12.0 Å². The van der Waals surface area contributed by atoms with Crippen LogP contribution in [-0.4, -0.2) is 37.3 Å². The van der Waals surface area contributed by atoms with Gasteiger partial charge in [-0.25, -0.2) is 4.98 Å². The van der Waals surface area contributed by atoms with Gasteiger partial charge in [-0.3, -0.25) is 0 Å². The molecule has 1 saturated carbocycles. The van der Waals surface area contributed by atoms with Gasteiger partial charge in [-0.05, 0) is 6.42 Å². The number of morpholine rings is 1. The van der Waals surface area contributed by atoms with Gasteiger partial charge < -0.3 is 15.4 Å². The third-order valence-corrected chi connectivity index (χ3v) is 4.19. The molecular weight excluding hydrogens is 210 g/mol. The van der Waals surface area contributed by atoms with E-state index in [2.05, 4.69) is 9.88 Å². The van der Waals surface area contributed by atoms with Crippen molar-refractivity contribution in [3.05, 3.63) is 11.1 Å². The van der Waals surface area contributed by atoms with Crippen LogP contribution in [0.25, 0.3) is 0 Å².